The second-order valence-electron chi connectivity index (χ2n) is 6.92. The lowest BCUT2D eigenvalue weighted by Crippen LogP contribution is -2.51. The van der Waals surface area contributed by atoms with Gasteiger partial charge in [0.25, 0.3) is 11.5 Å². The number of rotatable bonds is 3. The van der Waals surface area contributed by atoms with Crippen molar-refractivity contribution in [2.45, 2.75) is 46.0 Å². The van der Waals surface area contributed by atoms with E-state index in [0.29, 0.717) is 13.1 Å². The van der Waals surface area contributed by atoms with Crippen LogP contribution in [-0.4, -0.2) is 57.7 Å². The number of carbonyl (C=O) groups is 2. The third-order valence-corrected chi connectivity index (χ3v) is 4.52. The number of nitrogens with zero attached hydrogens (tertiary/aromatic N) is 3. The second kappa shape index (κ2) is 7.15. The Kier molecular flexibility index (Phi) is 5.05. The van der Waals surface area contributed by atoms with Crippen molar-refractivity contribution in [3.8, 4) is 0 Å². The summed E-state index contributed by atoms with van der Waals surface area (Å²) in [5.41, 5.74) is -0.349. The zero-order valence-electron chi connectivity index (χ0n) is 16.0. The fraction of sp³-hybridized carbons (Fsp3) is 0.556. The summed E-state index contributed by atoms with van der Waals surface area (Å²) in [6.07, 6.45) is 0.139. The average molecular weight is 377 g/mol. The number of aryl methyl sites for hydroxylation is 2. The van der Waals surface area contributed by atoms with E-state index in [1.165, 1.54) is 24.9 Å². The van der Waals surface area contributed by atoms with Crippen LogP contribution < -0.4 is 5.56 Å². The molecule has 27 heavy (non-hydrogen) atoms. The van der Waals surface area contributed by atoms with Gasteiger partial charge in [-0.15, -0.1) is 0 Å². The summed E-state index contributed by atoms with van der Waals surface area (Å²) >= 11 is 0. The first kappa shape index (κ1) is 19.1. The minimum absolute atomic E-state index is 0.00191. The van der Waals surface area contributed by atoms with Gasteiger partial charge in [-0.05, 0) is 27.7 Å². The van der Waals surface area contributed by atoms with Crippen LogP contribution in [0.5, 0.6) is 0 Å². The molecule has 146 valence electrons. The highest BCUT2D eigenvalue weighted by atomic mass is 16.5. The van der Waals surface area contributed by atoms with Crippen LogP contribution in [0.25, 0.3) is 11.1 Å². The molecule has 0 N–H and O–H groups in total. The Morgan fingerprint density at radius 3 is 2.56 bits per heavy atom. The number of ether oxygens (including phenoxy) is 2. The molecule has 2 aromatic rings. The molecule has 0 radical (unpaired) electrons. The molecule has 3 heterocycles. The number of hydrogen-bond acceptors (Lipinski definition) is 7. The maximum Gasteiger partial charge on any atom is 0.343 e. The highest BCUT2D eigenvalue weighted by Crippen LogP contribution is 2.22. The molecule has 1 fully saturated rings. The van der Waals surface area contributed by atoms with Crippen LogP contribution in [0.1, 0.15) is 36.9 Å². The maximum absolute atomic E-state index is 12.7. The quantitative estimate of drug-likeness (QED) is 0.736. The van der Waals surface area contributed by atoms with E-state index in [4.69, 9.17) is 13.9 Å². The molecule has 1 saturated heterocycles. The lowest BCUT2D eigenvalue weighted by atomic mass is 10.2. The molecule has 2 aromatic heterocycles. The van der Waals surface area contributed by atoms with Crippen LogP contribution >= 0.6 is 0 Å². The number of furan rings is 1. The van der Waals surface area contributed by atoms with E-state index >= 15 is 0 Å². The predicted molar refractivity (Wildman–Crippen MR) is 95.5 cm³/mol. The lowest BCUT2D eigenvalue weighted by Gasteiger charge is -2.36. The first-order chi connectivity index (χ1) is 12.7. The Balaban J connectivity index is 1.82. The highest BCUT2D eigenvalue weighted by Gasteiger charge is 2.32. The normalized spacial score (nSPS) is 21.3. The van der Waals surface area contributed by atoms with E-state index in [9.17, 15) is 14.4 Å². The van der Waals surface area contributed by atoms with Crippen molar-refractivity contribution in [1.29, 1.82) is 0 Å². The van der Waals surface area contributed by atoms with E-state index < -0.39 is 17.6 Å². The van der Waals surface area contributed by atoms with Gasteiger partial charge in [0.2, 0.25) is 5.71 Å². The van der Waals surface area contributed by atoms with Gasteiger partial charge in [0, 0.05) is 20.1 Å². The first-order valence-corrected chi connectivity index (χ1v) is 8.79. The number of amides is 1. The Morgan fingerprint density at radius 1 is 1.30 bits per heavy atom. The summed E-state index contributed by atoms with van der Waals surface area (Å²) in [4.78, 5) is 43.3. The van der Waals surface area contributed by atoms with E-state index in [0.717, 1.165) is 0 Å². The van der Waals surface area contributed by atoms with Crippen molar-refractivity contribution < 1.29 is 23.5 Å². The smallest absolute Gasteiger partial charge is 0.343 e. The number of morpholine rings is 1. The summed E-state index contributed by atoms with van der Waals surface area (Å²) in [5.74, 6) is -0.868. The number of hydrogen-bond donors (Lipinski definition) is 0. The van der Waals surface area contributed by atoms with Gasteiger partial charge in [0.05, 0.1) is 12.2 Å². The Morgan fingerprint density at radius 2 is 1.93 bits per heavy atom. The summed E-state index contributed by atoms with van der Waals surface area (Å²) in [7, 11) is 1.53. The predicted octanol–water partition coefficient (Wildman–Crippen LogP) is 1.02. The Hall–Kier alpha value is -2.68. The van der Waals surface area contributed by atoms with Crippen LogP contribution in [-0.2, 0) is 21.3 Å². The van der Waals surface area contributed by atoms with Crippen molar-refractivity contribution in [2.24, 2.45) is 7.05 Å². The fourth-order valence-electron chi connectivity index (χ4n) is 3.32. The van der Waals surface area contributed by atoms with Crippen LogP contribution in [0.3, 0.4) is 0 Å². The topological polar surface area (TPSA) is 104 Å². The van der Waals surface area contributed by atoms with Crippen molar-refractivity contribution in [1.82, 2.24) is 14.5 Å². The van der Waals surface area contributed by atoms with Gasteiger partial charge >= 0.3 is 5.97 Å². The molecule has 0 saturated carbocycles. The minimum atomic E-state index is -1.00. The molecule has 0 aliphatic carbocycles. The van der Waals surface area contributed by atoms with E-state index in [2.05, 4.69) is 4.98 Å². The molecule has 1 aliphatic rings. The van der Waals surface area contributed by atoms with Crippen molar-refractivity contribution >= 4 is 23.0 Å². The van der Waals surface area contributed by atoms with Gasteiger partial charge in [0.15, 0.2) is 6.10 Å². The van der Waals surface area contributed by atoms with Gasteiger partial charge in [0.1, 0.15) is 23.0 Å². The van der Waals surface area contributed by atoms with Crippen LogP contribution in [0.15, 0.2) is 15.5 Å². The molecule has 9 heteroatoms. The summed E-state index contributed by atoms with van der Waals surface area (Å²) in [6.45, 7) is 7.70. The van der Waals surface area contributed by atoms with Gasteiger partial charge in [-0.3, -0.25) is 9.59 Å². The standard InChI is InChI=1S/C18H23N3O6/c1-9-6-21(7-10(2)25-9)16(22)12(4)27-18(24)13-11(3)26-15-14(13)17(23)20(5)8-19-15/h8-10,12H,6-7H2,1-5H3. The molecule has 0 spiro atoms. The third kappa shape index (κ3) is 3.59. The van der Waals surface area contributed by atoms with Crippen molar-refractivity contribution in [2.75, 3.05) is 13.1 Å². The Labute approximate surface area is 155 Å². The molecule has 9 nitrogen and oxygen atoms in total. The lowest BCUT2D eigenvalue weighted by molar-refractivity contribution is -0.151. The number of esters is 1. The average Bonchev–Trinajstić information content (AvgIpc) is 2.93. The molecule has 3 unspecified atom stereocenters. The van der Waals surface area contributed by atoms with Crippen molar-refractivity contribution in [3.63, 3.8) is 0 Å². The maximum atomic E-state index is 12.7. The molecular weight excluding hydrogens is 354 g/mol. The second-order valence-corrected chi connectivity index (χ2v) is 6.92. The van der Waals surface area contributed by atoms with Crippen LogP contribution in [0.4, 0.5) is 0 Å². The minimum Gasteiger partial charge on any atom is -0.449 e. The molecule has 1 aliphatic heterocycles. The van der Waals surface area contributed by atoms with E-state index in [1.807, 2.05) is 13.8 Å². The molecule has 0 aromatic carbocycles. The molecule has 1 amide bonds. The van der Waals surface area contributed by atoms with E-state index in [1.54, 1.807) is 11.8 Å². The largest absolute Gasteiger partial charge is 0.449 e. The van der Waals surface area contributed by atoms with Gasteiger partial charge < -0.3 is 23.4 Å². The van der Waals surface area contributed by atoms with Gasteiger partial charge in [-0.2, -0.15) is 0 Å². The fourth-order valence-corrected chi connectivity index (χ4v) is 3.32. The molecular formula is C18H23N3O6. The molecule has 3 rings (SSSR count). The molecule has 3 atom stereocenters. The first-order valence-electron chi connectivity index (χ1n) is 8.79. The number of aromatic nitrogens is 2. The molecule has 0 bridgehead atoms. The SMILES string of the molecule is Cc1oc2ncn(C)c(=O)c2c1C(=O)OC(C)C(=O)N1CC(C)OC(C)C1. The van der Waals surface area contributed by atoms with E-state index in [-0.39, 0.29) is 40.5 Å². The zero-order valence-corrected chi connectivity index (χ0v) is 16.0. The summed E-state index contributed by atoms with van der Waals surface area (Å²) < 4.78 is 17.6. The summed E-state index contributed by atoms with van der Waals surface area (Å²) in [6, 6.07) is 0. The highest BCUT2D eigenvalue weighted by molar-refractivity contribution is 6.04. The van der Waals surface area contributed by atoms with Crippen LogP contribution in [0.2, 0.25) is 0 Å². The zero-order chi connectivity index (χ0) is 19.9. The van der Waals surface area contributed by atoms with Crippen molar-refractivity contribution in [3.05, 3.63) is 28.0 Å². The van der Waals surface area contributed by atoms with Gasteiger partial charge in [-0.25, -0.2) is 9.78 Å². The van der Waals surface area contributed by atoms with Gasteiger partial charge in [-0.1, -0.05) is 0 Å². The monoisotopic (exact) mass is 377 g/mol. The van der Waals surface area contributed by atoms with Crippen LogP contribution in [0, 0.1) is 6.92 Å². The number of carbonyl (C=O) groups excluding carboxylic acids is 2. The Bertz CT molecular complexity index is 936. The number of fused-ring (bicyclic) bond motifs is 1. The summed E-state index contributed by atoms with van der Waals surface area (Å²) in [5, 5.41) is 0.0516. The third-order valence-electron chi connectivity index (χ3n) is 4.52.